The summed E-state index contributed by atoms with van der Waals surface area (Å²) in [6, 6.07) is 7.95. The fourth-order valence-electron chi connectivity index (χ4n) is 1.92. The van der Waals surface area contributed by atoms with Crippen LogP contribution >= 0.6 is 11.3 Å². The van der Waals surface area contributed by atoms with Gasteiger partial charge in [-0.25, -0.2) is 4.98 Å². The number of carbonyl (C=O) groups excluding carboxylic acids is 1. The zero-order chi connectivity index (χ0) is 19.0. The minimum atomic E-state index is -1.39. The fourth-order valence-corrected chi connectivity index (χ4v) is 3.10. The maximum Gasteiger partial charge on any atom is 0.311 e. The van der Waals surface area contributed by atoms with E-state index in [0.717, 1.165) is 11.1 Å². The van der Waals surface area contributed by atoms with Gasteiger partial charge in [0, 0.05) is 10.9 Å². The molecule has 0 saturated heterocycles. The van der Waals surface area contributed by atoms with Crippen LogP contribution in [0.1, 0.15) is 23.7 Å². The van der Waals surface area contributed by atoms with Gasteiger partial charge in [-0.2, -0.15) is 5.10 Å². The number of anilines is 1. The number of hydrazone groups is 1. The SMILES string of the molecule is CCOC(=O)Cc1csc(NN=Cc2cccc(C#C[Si](C)(C)C)c2)n1. The van der Waals surface area contributed by atoms with E-state index in [1.54, 1.807) is 13.1 Å². The van der Waals surface area contributed by atoms with E-state index >= 15 is 0 Å². The van der Waals surface area contributed by atoms with Crippen molar-refractivity contribution in [2.45, 2.75) is 33.0 Å². The number of rotatable bonds is 6. The van der Waals surface area contributed by atoms with Crippen LogP contribution in [-0.2, 0) is 16.0 Å². The molecule has 0 amide bonds. The van der Waals surface area contributed by atoms with Gasteiger partial charge in [-0.3, -0.25) is 10.2 Å². The second-order valence-corrected chi connectivity index (χ2v) is 12.2. The fraction of sp³-hybridized carbons (Fsp3) is 0.316. The first-order valence-electron chi connectivity index (χ1n) is 8.38. The van der Waals surface area contributed by atoms with Crippen LogP contribution in [0.3, 0.4) is 0 Å². The lowest BCUT2D eigenvalue weighted by molar-refractivity contribution is -0.142. The van der Waals surface area contributed by atoms with E-state index in [1.165, 1.54) is 11.3 Å². The van der Waals surface area contributed by atoms with Crippen LogP contribution < -0.4 is 5.43 Å². The van der Waals surface area contributed by atoms with Gasteiger partial charge in [0.2, 0.25) is 5.13 Å². The molecule has 136 valence electrons. The topological polar surface area (TPSA) is 63.6 Å². The molecular formula is C19H23N3O2SSi. The Morgan fingerprint density at radius 2 is 2.23 bits per heavy atom. The van der Waals surface area contributed by atoms with E-state index in [4.69, 9.17) is 4.74 Å². The third-order valence-electron chi connectivity index (χ3n) is 3.02. The zero-order valence-electron chi connectivity index (χ0n) is 15.5. The largest absolute Gasteiger partial charge is 0.466 e. The molecule has 26 heavy (non-hydrogen) atoms. The third-order valence-corrected chi connectivity index (χ3v) is 4.70. The van der Waals surface area contributed by atoms with Gasteiger partial charge < -0.3 is 4.74 Å². The standard InChI is InChI=1S/C19H23N3O2SSi/c1-5-24-18(23)12-17-14-25-19(21-17)22-20-13-16-8-6-7-15(11-16)9-10-26(2,3)4/h6-8,11,13-14H,5,12H2,1-4H3,(H,21,22). The van der Waals surface area contributed by atoms with E-state index in [1.807, 2.05) is 29.6 Å². The molecule has 0 atom stereocenters. The third kappa shape index (κ3) is 7.21. The Hall–Kier alpha value is -2.43. The number of aromatic nitrogens is 1. The predicted molar refractivity (Wildman–Crippen MR) is 110 cm³/mol. The van der Waals surface area contributed by atoms with Gasteiger partial charge in [0.05, 0.1) is 24.9 Å². The molecule has 1 aromatic heterocycles. The molecule has 0 unspecified atom stereocenters. The highest BCUT2D eigenvalue weighted by molar-refractivity contribution is 7.13. The summed E-state index contributed by atoms with van der Waals surface area (Å²) in [5, 5.41) is 6.66. The Morgan fingerprint density at radius 1 is 1.42 bits per heavy atom. The molecule has 1 N–H and O–H groups in total. The number of hydrogen-bond donors (Lipinski definition) is 1. The van der Waals surface area contributed by atoms with Crippen molar-refractivity contribution in [2.75, 3.05) is 12.0 Å². The molecule has 1 aromatic carbocycles. The monoisotopic (exact) mass is 385 g/mol. The van der Waals surface area contributed by atoms with Crippen molar-refractivity contribution < 1.29 is 9.53 Å². The molecule has 0 spiro atoms. The number of hydrogen-bond acceptors (Lipinski definition) is 6. The molecule has 0 aliphatic carbocycles. The summed E-state index contributed by atoms with van der Waals surface area (Å²) in [6.07, 6.45) is 1.90. The normalized spacial score (nSPS) is 11.1. The average molecular weight is 386 g/mol. The van der Waals surface area contributed by atoms with Crippen LogP contribution in [0.5, 0.6) is 0 Å². The van der Waals surface area contributed by atoms with Gasteiger partial charge in [0.25, 0.3) is 0 Å². The molecule has 2 rings (SSSR count). The summed E-state index contributed by atoms with van der Waals surface area (Å²) in [5.41, 5.74) is 8.87. The number of esters is 1. The Morgan fingerprint density at radius 3 is 2.96 bits per heavy atom. The summed E-state index contributed by atoms with van der Waals surface area (Å²) in [7, 11) is -1.39. The van der Waals surface area contributed by atoms with Crippen LogP contribution in [0.15, 0.2) is 34.7 Å². The maximum atomic E-state index is 11.5. The van der Waals surface area contributed by atoms with Gasteiger partial charge in [-0.15, -0.1) is 16.9 Å². The van der Waals surface area contributed by atoms with Gasteiger partial charge in [0.15, 0.2) is 0 Å². The van der Waals surface area contributed by atoms with Crippen molar-refractivity contribution in [3.63, 3.8) is 0 Å². The molecule has 5 nitrogen and oxygen atoms in total. The number of thiazole rings is 1. The van der Waals surface area contributed by atoms with Gasteiger partial charge in [0.1, 0.15) is 8.07 Å². The van der Waals surface area contributed by atoms with Crippen LogP contribution in [0.4, 0.5) is 5.13 Å². The number of carbonyl (C=O) groups is 1. The average Bonchev–Trinajstić information content (AvgIpc) is 3.00. The number of nitrogens with one attached hydrogen (secondary N) is 1. The summed E-state index contributed by atoms with van der Waals surface area (Å²) in [5.74, 6) is 2.97. The lowest BCUT2D eigenvalue weighted by atomic mass is 10.1. The highest BCUT2D eigenvalue weighted by Crippen LogP contribution is 2.16. The van der Waals surface area contributed by atoms with Crippen molar-refractivity contribution in [1.29, 1.82) is 0 Å². The molecule has 0 bridgehead atoms. The second-order valence-electron chi connectivity index (χ2n) is 6.62. The number of ether oxygens (including phenoxy) is 1. The first-order valence-corrected chi connectivity index (χ1v) is 12.8. The smallest absolute Gasteiger partial charge is 0.311 e. The first kappa shape index (κ1) is 19.9. The van der Waals surface area contributed by atoms with Crippen molar-refractivity contribution in [2.24, 2.45) is 5.10 Å². The highest BCUT2D eigenvalue weighted by Gasteiger charge is 2.08. The molecular weight excluding hydrogens is 362 g/mol. The molecule has 0 fully saturated rings. The predicted octanol–water partition coefficient (Wildman–Crippen LogP) is 3.92. The molecule has 0 aliphatic heterocycles. The van der Waals surface area contributed by atoms with Gasteiger partial charge in [-0.1, -0.05) is 37.7 Å². The first-order chi connectivity index (χ1) is 12.4. The Kier molecular flexibility index (Phi) is 7.13. The summed E-state index contributed by atoms with van der Waals surface area (Å²) in [4.78, 5) is 15.8. The van der Waals surface area contributed by atoms with Crippen LogP contribution in [0.2, 0.25) is 19.6 Å². The Labute approximate surface area is 159 Å². The van der Waals surface area contributed by atoms with Crippen molar-refractivity contribution in [1.82, 2.24) is 4.98 Å². The Balaban J connectivity index is 1.95. The van der Waals surface area contributed by atoms with E-state index in [0.29, 0.717) is 17.4 Å². The molecule has 0 aliphatic rings. The molecule has 2 aromatic rings. The van der Waals surface area contributed by atoms with E-state index in [2.05, 4.69) is 46.6 Å². The lowest BCUT2D eigenvalue weighted by Crippen LogP contribution is -2.16. The zero-order valence-corrected chi connectivity index (χ0v) is 17.3. The molecule has 0 saturated carbocycles. The minimum Gasteiger partial charge on any atom is -0.466 e. The van der Waals surface area contributed by atoms with Crippen molar-refractivity contribution >= 4 is 36.7 Å². The molecule has 1 heterocycles. The summed E-state index contributed by atoms with van der Waals surface area (Å²) < 4.78 is 4.91. The highest BCUT2D eigenvalue weighted by atomic mass is 32.1. The maximum absolute atomic E-state index is 11.5. The van der Waals surface area contributed by atoms with E-state index in [9.17, 15) is 4.79 Å². The number of nitrogens with zero attached hydrogens (tertiary/aromatic N) is 2. The van der Waals surface area contributed by atoms with Gasteiger partial charge in [-0.05, 0) is 24.6 Å². The van der Waals surface area contributed by atoms with Crippen LogP contribution in [0.25, 0.3) is 0 Å². The van der Waals surface area contributed by atoms with Crippen molar-refractivity contribution in [3.05, 3.63) is 46.5 Å². The quantitative estimate of drug-likeness (QED) is 0.269. The summed E-state index contributed by atoms with van der Waals surface area (Å²) in [6.45, 7) is 8.82. The van der Waals surface area contributed by atoms with Crippen LogP contribution in [0, 0.1) is 11.5 Å². The van der Waals surface area contributed by atoms with E-state index < -0.39 is 8.07 Å². The minimum absolute atomic E-state index is 0.174. The van der Waals surface area contributed by atoms with E-state index in [-0.39, 0.29) is 12.4 Å². The number of benzene rings is 1. The Bertz CT molecular complexity index is 844. The molecule has 0 radical (unpaired) electrons. The summed E-state index contributed by atoms with van der Waals surface area (Å²) >= 11 is 1.40. The lowest BCUT2D eigenvalue weighted by Gasteiger charge is -2.03. The van der Waals surface area contributed by atoms with Crippen LogP contribution in [-0.4, -0.2) is 31.8 Å². The van der Waals surface area contributed by atoms with Gasteiger partial charge >= 0.3 is 5.97 Å². The second kappa shape index (κ2) is 9.32. The molecule has 7 heteroatoms. The van der Waals surface area contributed by atoms with Crippen molar-refractivity contribution in [3.8, 4) is 11.5 Å².